The number of hydrogen-bond donors (Lipinski definition) is 0. The second-order valence-corrected chi connectivity index (χ2v) is 4.93. The van der Waals surface area contributed by atoms with Gasteiger partial charge in [0.1, 0.15) is 12.4 Å². The van der Waals surface area contributed by atoms with Crippen molar-refractivity contribution in [2.24, 2.45) is 0 Å². The second kappa shape index (κ2) is 5.61. The third-order valence-corrected chi connectivity index (χ3v) is 2.95. The van der Waals surface area contributed by atoms with E-state index in [4.69, 9.17) is 4.74 Å². The summed E-state index contributed by atoms with van der Waals surface area (Å²) in [6.45, 7) is -0.604. The summed E-state index contributed by atoms with van der Waals surface area (Å²) >= 11 is 0. The molecule has 0 bridgehead atoms. The van der Waals surface area contributed by atoms with Crippen molar-refractivity contribution >= 4 is 12.4 Å². The lowest BCUT2D eigenvalue weighted by Crippen LogP contribution is -2.33. The van der Waals surface area contributed by atoms with E-state index in [1.54, 1.807) is 0 Å². The molecule has 5 heteroatoms. The van der Waals surface area contributed by atoms with Crippen LogP contribution in [0.4, 0.5) is 12.9 Å². The summed E-state index contributed by atoms with van der Waals surface area (Å²) in [5, 5.41) is 0. The molecule has 2 rings (SSSR count). The Kier molecular flexibility index (Phi) is 4.07. The summed E-state index contributed by atoms with van der Waals surface area (Å²) in [5.74, 6) is 0.438. The fourth-order valence-electron chi connectivity index (χ4n) is 2.10. The van der Waals surface area contributed by atoms with Crippen LogP contribution >= 0.6 is 0 Å². The van der Waals surface area contributed by atoms with E-state index in [-0.39, 0.29) is 0 Å². The topological polar surface area (TPSA) is 9.23 Å². The molecule has 0 aromatic heterocycles. The van der Waals surface area contributed by atoms with Crippen LogP contribution in [-0.4, -0.2) is 6.98 Å². The highest BCUT2D eigenvalue weighted by Crippen LogP contribution is 2.16. The first-order valence-electron chi connectivity index (χ1n) is 6.34. The van der Waals surface area contributed by atoms with Gasteiger partial charge in [-0.05, 0) is 31.5 Å². The summed E-state index contributed by atoms with van der Waals surface area (Å²) in [4.78, 5) is 0. The molecule has 20 heavy (non-hydrogen) atoms. The van der Waals surface area contributed by atoms with Crippen molar-refractivity contribution in [3.8, 4) is 5.75 Å². The van der Waals surface area contributed by atoms with Gasteiger partial charge in [0.2, 0.25) is 0 Å². The Hall–Kier alpha value is -1.91. The van der Waals surface area contributed by atoms with Crippen LogP contribution in [0.25, 0.3) is 0 Å². The van der Waals surface area contributed by atoms with Crippen LogP contribution in [0.5, 0.6) is 5.75 Å². The van der Waals surface area contributed by atoms with E-state index in [9.17, 15) is 12.9 Å². The van der Waals surface area contributed by atoms with Crippen LogP contribution < -0.4 is 10.2 Å². The minimum Gasteiger partial charge on any atom is -0.489 e. The van der Waals surface area contributed by atoms with E-state index >= 15 is 0 Å². The Morgan fingerprint density at radius 2 is 1.45 bits per heavy atom. The van der Waals surface area contributed by atoms with Gasteiger partial charge in [-0.1, -0.05) is 41.5 Å². The number of rotatable bonds is 4. The van der Waals surface area contributed by atoms with Gasteiger partial charge >= 0.3 is 6.98 Å². The standard InChI is InChI=1S/C15H15BF3O/c1-11-7-12(2)9-13(8-11)10-20-15-5-3-14(4-6-15)16(17,18)19/h3-9H,10H2,1-2H3/q-1. The first-order valence-corrected chi connectivity index (χ1v) is 6.34. The maximum absolute atomic E-state index is 12.5. The van der Waals surface area contributed by atoms with Gasteiger partial charge in [-0.2, -0.15) is 0 Å². The highest BCUT2D eigenvalue weighted by Gasteiger charge is 2.24. The number of hydrogen-bond acceptors (Lipinski definition) is 1. The zero-order chi connectivity index (χ0) is 14.8. The minimum absolute atomic E-state index is 0.346. The van der Waals surface area contributed by atoms with Crippen LogP contribution in [0.3, 0.4) is 0 Å². The van der Waals surface area contributed by atoms with Crippen molar-refractivity contribution in [1.82, 2.24) is 0 Å². The van der Waals surface area contributed by atoms with Gasteiger partial charge in [0.05, 0.1) is 0 Å². The van der Waals surface area contributed by atoms with E-state index in [1.165, 1.54) is 12.1 Å². The van der Waals surface area contributed by atoms with E-state index in [0.717, 1.165) is 28.8 Å². The Morgan fingerprint density at radius 1 is 0.900 bits per heavy atom. The molecule has 2 aromatic rings. The summed E-state index contributed by atoms with van der Waals surface area (Å²) in [6, 6.07) is 10.9. The largest absolute Gasteiger partial charge is 0.509 e. The SMILES string of the molecule is Cc1cc(C)cc(COc2ccc([B-](F)(F)F)cc2)c1. The Morgan fingerprint density at radius 3 is 1.95 bits per heavy atom. The molecule has 0 saturated heterocycles. The van der Waals surface area contributed by atoms with Crippen molar-refractivity contribution in [2.45, 2.75) is 20.5 Å². The quantitative estimate of drug-likeness (QED) is 0.770. The fraction of sp³-hybridized carbons (Fsp3) is 0.200. The molecule has 0 saturated carbocycles. The average molecular weight is 279 g/mol. The number of benzene rings is 2. The lowest BCUT2D eigenvalue weighted by Gasteiger charge is -2.15. The zero-order valence-corrected chi connectivity index (χ0v) is 11.4. The maximum Gasteiger partial charge on any atom is 0.509 e. The van der Waals surface area contributed by atoms with Crippen LogP contribution in [0.2, 0.25) is 0 Å². The Bertz CT molecular complexity index is 571. The van der Waals surface area contributed by atoms with Crippen molar-refractivity contribution in [3.05, 3.63) is 59.2 Å². The van der Waals surface area contributed by atoms with Gasteiger partial charge in [0.25, 0.3) is 0 Å². The normalized spacial score (nSPS) is 11.4. The number of ether oxygens (including phenoxy) is 1. The van der Waals surface area contributed by atoms with E-state index in [0.29, 0.717) is 12.4 Å². The Labute approximate surface area is 116 Å². The fourth-order valence-corrected chi connectivity index (χ4v) is 2.10. The molecule has 0 aliphatic rings. The third kappa shape index (κ3) is 3.79. The molecule has 0 aliphatic carbocycles. The smallest absolute Gasteiger partial charge is 0.489 e. The molecular formula is C15H15BF3O-. The lowest BCUT2D eigenvalue weighted by atomic mass is 9.80. The molecule has 0 fully saturated rings. The Balaban J connectivity index is 2.04. The summed E-state index contributed by atoms with van der Waals surface area (Å²) in [6.07, 6.45) is 0. The van der Waals surface area contributed by atoms with Crippen molar-refractivity contribution in [2.75, 3.05) is 0 Å². The van der Waals surface area contributed by atoms with Gasteiger partial charge in [-0.15, -0.1) is 5.46 Å². The van der Waals surface area contributed by atoms with Crippen LogP contribution in [0.15, 0.2) is 42.5 Å². The molecule has 0 atom stereocenters. The molecule has 0 spiro atoms. The highest BCUT2D eigenvalue weighted by molar-refractivity contribution is 6.73. The zero-order valence-electron chi connectivity index (χ0n) is 11.4. The third-order valence-electron chi connectivity index (χ3n) is 2.95. The molecule has 0 radical (unpaired) electrons. The minimum atomic E-state index is -4.94. The van der Waals surface area contributed by atoms with Crippen LogP contribution in [-0.2, 0) is 6.61 Å². The monoisotopic (exact) mass is 279 g/mol. The molecule has 0 amide bonds. The predicted molar refractivity (Wildman–Crippen MR) is 75.4 cm³/mol. The second-order valence-electron chi connectivity index (χ2n) is 4.93. The molecule has 1 nitrogen and oxygen atoms in total. The van der Waals surface area contributed by atoms with Gasteiger partial charge in [-0.3, -0.25) is 0 Å². The molecule has 0 unspecified atom stereocenters. The van der Waals surface area contributed by atoms with Crippen molar-refractivity contribution in [1.29, 1.82) is 0 Å². The summed E-state index contributed by atoms with van der Waals surface area (Å²) in [7, 11) is 0. The molecule has 0 aliphatic heterocycles. The van der Waals surface area contributed by atoms with Gasteiger partial charge in [-0.25, -0.2) is 0 Å². The molecular weight excluding hydrogens is 264 g/mol. The van der Waals surface area contributed by atoms with Gasteiger partial charge in [0.15, 0.2) is 0 Å². The molecule has 0 heterocycles. The van der Waals surface area contributed by atoms with Crippen molar-refractivity contribution < 1.29 is 17.7 Å². The van der Waals surface area contributed by atoms with E-state index in [1.807, 2.05) is 26.0 Å². The van der Waals surface area contributed by atoms with Gasteiger partial charge in [0, 0.05) is 0 Å². The van der Waals surface area contributed by atoms with E-state index in [2.05, 4.69) is 6.07 Å². The van der Waals surface area contributed by atoms with Crippen molar-refractivity contribution in [3.63, 3.8) is 0 Å². The van der Waals surface area contributed by atoms with Gasteiger partial charge < -0.3 is 17.7 Å². The number of halogens is 3. The summed E-state index contributed by atoms with van der Waals surface area (Å²) < 4.78 is 43.0. The molecule has 2 aromatic carbocycles. The molecule has 106 valence electrons. The summed E-state index contributed by atoms with van der Waals surface area (Å²) in [5.41, 5.74) is 2.67. The van der Waals surface area contributed by atoms with Crippen LogP contribution in [0, 0.1) is 13.8 Å². The average Bonchev–Trinajstić information content (AvgIpc) is 2.35. The van der Waals surface area contributed by atoms with Crippen LogP contribution in [0.1, 0.15) is 16.7 Å². The molecule has 0 N–H and O–H groups in total. The predicted octanol–water partition coefficient (Wildman–Crippen LogP) is 3.94. The number of aryl methyl sites for hydroxylation is 2. The highest BCUT2D eigenvalue weighted by atomic mass is 19.4. The maximum atomic E-state index is 12.5. The first kappa shape index (κ1) is 14.5. The van der Waals surface area contributed by atoms with E-state index < -0.39 is 12.4 Å². The first-order chi connectivity index (χ1) is 9.34. The lowest BCUT2D eigenvalue weighted by molar-refractivity contribution is 0.306.